The Morgan fingerprint density at radius 2 is 2.20 bits per heavy atom. The van der Waals surface area contributed by atoms with E-state index in [1.54, 1.807) is 0 Å². The number of likely N-dealkylation sites (N-methyl/N-ethyl adjacent to an activating group) is 1. The number of hydrogen-bond acceptors (Lipinski definition) is 2. The first-order chi connectivity index (χ1) is 4.83. The van der Waals surface area contributed by atoms with E-state index in [9.17, 15) is 4.79 Å². The number of hydrogen-bond donors (Lipinski definition) is 3. The largest absolute Gasteiger partial charge is 0.337 e. The molecule has 0 aliphatic carbocycles. The van der Waals surface area contributed by atoms with Crippen molar-refractivity contribution in [3.63, 3.8) is 0 Å². The van der Waals surface area contributed by atoms with Gasteiger partial charge in [0.05, 0.1) is 0 Å². The van der Waals surface area contributed by atoms with Crippen molar-refractivity contribution in [3.05, 3.63) is 0 Å². The molecule has 1 heterocycles. The Kier molecular flexibility index (Phi) is 2.50. The predicted molar refractivity (Wildman–Crippen MR) is 38.9 cm³/mol. The third-order valence-corrected chi connectivity index (χ3v) is 1.51. The summed E-state index contributed by atoms with van der Waals surface area (Å²) in [7, 11) is 0. The lowest BCUT2D eigenvalue weighted by molar-refractivity contribution is 0.231. The first-order valence-corrected chi connectivity index (χ1v) is 3.58. The molecule has 0 aromatic carbocycles. The van der Waals surface area contributed by atoms with Crippen molar-refractivity contribution >= 4 is 6.03 Å². The third kappa shape index (κ3) is 1.88. The number of carbonyl (C=O) groups excluding carboxylic acids is 1. The van der Waals surface area contributed by atoms with Crippen molar-refractivity contribution < 1.29 is 4.79 Å². The summed E-state index contributed by atoms with van der Waals surface area (Å²) in [6, 6.07) is 0.330. The van der Waals surface area contributed by atoms with Crippen LogP contribution in [-0.2, 0) is 0 Å². The molecule has 10 heavy (non-hydrogen) atoms. The Balaban J connectivity index is 2.19. The standard InChI is InChI=1S/C6H13N3O/c1-2-7-5-3-8-6(10)9-4-5/h5,7H,2-4H2,1H3,(H2,8,9,10). The Labute approximate surface area is 60.4 Å². The van der Waals surface area contributed by atoms with E-state index in [0.717, 1.165) is 19.6 Å². The zero-order valence-corrected chi connectivity index (χ0v) is 6.11. The molecule has 1 fully saturated rings. The van der Waals surface area contributed by atoms with Crippen molar-refractivity contribution in [2.45, 2.75) is 13.0 Å². The van der Waals surface area contributed by atoms with Gasteiger partial charge in [-0.1, -0.05) is 6.92 Å². The summed E-state index contributed by atoms with van der Waals surface area (Å²) in [6.45, 7) is 4.47. The summed E-state index contributed by atoms with van der Waals surface area (Å²) >= 11 is 0. The van der Waals surface area contributed by atoms with Gasteiger partial charge >= 0.3 is 6.03 Å². The van der Waals surface area contributed by atoms with Gasteiger partial charge in [-0.2, -0.15) is 0 Å². The van der Waals surface area contributed by atoms with Crippen LogP contribution in [0.2, 0.25) is 0 Å². The van der Waals surface area contributed by atoms with Gasteiger partial charge in [-0.25, -0.2) is 4.79 Å². The molecule has 1 aliphatic rings. The molecule has 1 aliphatic heterocycles. The molecule has 4 heteroatoms. The summed E-state index contributed by atoms with van der Waals surface area (Å²) in [6.07, 6.45) is 0. The van der Waals surface area contributed by atoms with E-state index in [1.807, 2.05) is 0 Å². The van der Waals surface area contributed by atoms with E-state index < -0.39 is 0 Å². The fraction of sp³-hybridized carbons (Fsp3) is 0.833. The van der Waals surface area contributed by atoms with E-state index in [-0.39, 0.29) is 6.03 Å². The molecule has 0 unspecified atom stereocenters. The number of carbonyl (C=O) groups is 1. The van der Waals surface area contributed by atoms with Gasteiger partial charge in [0.25, 0.3) is 0 Å². The molecule has 0 aromatic heterocycles. The van der Waals surface area contributed by atoms with Gasteiger partial charge in [0, 0.05) is 19.1 Å². The molecule has 0 atom stereocenters. The second-order valence-corrected chi connectivity index (χ2v) is 2.35. The van der Waals surface area contributed by atoms with E-state index in [1.165, 1.54) is 0 Å². The minimum Gasteiger partial charge on any atom is -0.337 e. The highest BCUT2D eigenvalue weighted by Crippen LogP contribution is 1.84. The molecule has 0 radical (unpaired) electrons. The molecule has 0 saturated carbocycles. The maximum Gasteiger partial charge on any atom is 0.314 e. The lowest BCUT2D eigenvalue weighted by Crippen LogP contribution is -2.56. The maximum absolute atomic E-state index is 10.6. The molecule has 4 nitrogen and oxygen atoms in total. The zero-order valence-electron chi connectivity index (χ0n) is 6.11. The highest BCUT2D eigenvalue weighted by molar-refractivity contribution is 5.74. The normalized spacial score (nSPS) is 19.9. The quantitative estimate of drug-likeness (QED) is 0.477. The molecule has 0 aromatic rings. The molecule has 2 amide bonds. The van der Waals surface area contributed by atoms with Gasteiger partial charge in [0.2, 0.25) is 0 Å². The zero-order chi connectivity index (χ0) is 7.40. The highest BCUT2D eigenvalue weighted by Gasteiger charge is 2.14. The van der Waals surface area contributed by atoms with Crippen molar-refractivity contribution in [1.29, 1.82) is 0 Å². The second-order valence-electron chi connectivity index (χ2n) is 2.35. The minimum atomic E-state index is -0.0610. The molecular weight excluding hydrogens is 130 g/mol. The Bertz CT molecular complexity index is 116. The van der Waals surface area contributed by atoms with Crippen molar-refractivity contribution in [2.75, 3.05) is 19.6 Å². The molecule has 1 rings (SSSR count). The van der Waals surface area contributed by atoms with Gasteiger partial charge in [-0.15, -0.1) is 0 Å². The van der Waals surface area contributed by atoms with Gasteiger partial charge in [0.1, 0.15) is 0 Å². The summed E-state index contributed by atoms with van der Waals surface area (Å²) in [5.74, 6) is 0. The first kappa shape index (κ1) is 7.34. The average molecular weight is 143 g/mol. The van der Waals surface area contributed by atoms with E-state index in [4.69, 9.17) is 0 Å². The Hall–Kier alpha value is -0.770. The van der Waals surface area contributed by atoms with Crippen molar-refractivity contribution in [3.8, 4) is 0 Å². The van der Waals surface area contributed by atoms with E-state index in [0.29, 0.717) is 6.04 Å². The van der Waals surface area contributed by atoms with Crippen LogP contribution in [0.4, 0.5) is 4.79 Å². The molecule has 58 valence electrons. The van der Waals surface area contributed by atoms with Crippen LogP contribution in [0.3, 0.4) is 0 Å². The van der Waals surface area contributed by atoms with Gasteiger partial charge < -0.3 is 16.0 Å². The third-order valence-electron chi connectivity index (χ3n) is 1.51. The first-order valence-electron chi connectivity index (χ1n) is 3.58. The topological polar surface area (TPSA) is 53.2 Å². The molecular formula is C6H13N3O. The minimum absolute atomic E-state index is 0.0610. The van der Waals surface area contributed by atoms with Crippen LogP contribution in [0.5, 0.6) is 0 Å². The lowest BCUT2D eigenvalue weighted by atomic mass is 10.2. The average Bonchev–Trinajstić information content (AvgIpc) is 1.95. The van der Waals surface area contributed by atoms with Crippen LogP contribution in [-0.4, -0.2) is 31.7 Å². The fourth-order valence-electron chi connectivity index (χ4n) is 0.999. The van der Waals surface area contributed by atoms with E-state index in [2.05, 4.69) is 22.9 Å². The second kappa shape index (κ2) is 3.41. The molecule has 0 spiro atoms. The Morgan fingerprint density at radius 3 is 2.70 bits per heavy atom. The lowest BCUT2D eigenvalue weighted by Gasteiger charge is -2.23. The van der Waals surface area contributed by atoms with Gasteiger partial charge in [-0.05, 0) is 6.54 Å². The summed E-state index contributed by atoms with van der Waals surface area (Å²) in [5, 5.41) is 8.64. The summed E-state index contributed by atoms with van der Waals surface area (Å²) in [4.78, 5) is 10.6. The maximum atomic E-state index is 10.6. The number of nitrogens with one attached hydrogen (secondary N) is 3. The number of urea groups is 1. The smallest absolute Gasteiger partial charge is 0.314 e. The number of amides is 2. The predicted octanol–water partition coefficient (Wildman–Crippen LogP) is -0.723. The Morgan fingerprint density at radius 1 is 1.60 bits per heavy atom. The van der Waals surface area contributed by atoms with Crippen molar-refractivity contribution in [1.82, 2.24) is 16.0 Å². The van der Waals surface area contributed by atoms with E-state index >= 15 is 0 Å². The highest BCUT2D eigenvalue weighted by atomic mass is 16.2. The van der Waals surface area contributed by atoms with Crippen LogP contribution in [0.15, 0.2) is 0 Å². The van der Waals surface area contributed by atoms with Gasteiger partial charge in [-0.3, -0.25) is 0 Å². The van der Waals surface area contributed by atoms with Crippen LogP contribution in [0, 0.1) is 0 Å². The fourth-order valence-corrected chi connectivity index (χ4v) is 0.999. The molecule has 1 saturated heterocycles. The summed E-state index contributed by atoms with van der Waals surface area (Å²) < 4.78 is 0. The number of rotatable bonds is 2. The van der Waals surface area contributed by atoms with Gasteiger partial charge in [0.15, 0.2) is 0 Å². The monoisotopic (exact) mass is 143 g/mol. The molecule has 3 N–H and O–H groups in total. The van der Waals surface area contributed by atoms with Crippen LogP contribution in [0.1, 0.15) is 6.92 Å². The van der Waals surface area contributed by atoms with Crippen LogP contribution >= 0.6 is 0 Å². The molecule has 0 bridgehead atoms. The van der Waals surface area contributed by atoms with Crippen LogP contribution < -0.4 is 16.0 Å². The SMILES string of the molecule is CCNC1CNC(=O)NC1. The van der Waals surface area contributed by atoms with Crippen molar-refractivity contribution in [2.24, 2.45) is 0 Å². The van der Waals surface area contributed by atoms with Crippen LogP contribution in [0.25, 0.3) is 0 Å². The summed E-state index contributed by atoms with van der Waals surface area (Å²) in [5.41, 5.74) is 0.